The van der Waals surface area contributed by atoms with E-state index in [4.69, 9.17) is 8.92 Å². The van der Waals surface area contributed by atoms with Crippen LogP contribution < -0.4 is 8.92 Å². The van der Waals surface area contributed by atoms with Gasteiger partial charge in [-0.05, 0) is 12.1 Å². The van der Waals surface area contributed by atoms with Crippen LogP contribution in [0.2, 0.25) is 0 Å². The number of nitro benzene ring substituents is 2. The molecule has 2 aromatic carbocycles. The summed E-state index contributed by atoms with van der Waals surface area (Å²) in [4.78, 5) is 19.5. The van der Waals surface area contributed by atoms with Gasteiger partial charge in [-0.15, -0.1) is 0 Å². The summed E-state index contributed by atoms with van der Waals surface area (Å²) in [5.41, 5.74) is -0.842. The maximum absolute atomic E-state index is 12.3. The molecule has 0 aromatic heterocycles. The number of non-ortho nitro benzene ring substituents is 2. The summed E-state index contributed by atoms with van der Waals surface area (Å²) in [6.45, 7) is 0. The Morgan fingerprint density at radius 2 is 1.58 bits per heavy atom. The van der Waals surface area contributed by atoms with E-state index >= 15 is 0 Å². The number of hydrogen-bond donors (Lipinski definition) is 0. The third-order valence-electron chi connectivity index (χ3n) is 2.86. The molecule has 0 aliphatic carbocycles. The molecular formula is C13H10N2O8S. The second-order valence-corrected chi connectivity index (χ2v) is 5.90. The maximum Gasteiger partial charge on any atom is 0.343 e. The number of hydrogen-bond acceptors (Lipinski definition) is 8. The van der Waals surface area contributed by atoms with Gasteiger partial charge in [-0.2, -0.15) is 8.42 Å². The minimum Gasteiger partial charge on any atom is -0.495 e. The number of methoxy groups -OCH3 is 1. The number of ether oxygens (including phenoxy) is 1. The number of rotatable bonds is 6. The smallest absolute Gasteiger partial charge is 0.343 e. The Hall–Kier alpha value is -3.21. The van der Waals surface area contributed by atoms with Crippen LogP contribution in [0.4, 0.5) is 11.4 Å². The van der Waals surface area contributed by atoms with Gasteiger partial charge in [0.05, 0.1) is 23.0 Å². The van der Waals surface area contributed by atoms with Crippen molar-refractivity contribution >= 4 is 21.5 Å². The van der Waals surface area contributed by atoms with Crippen molar-refractivity contribution in [2.24, 2.45) is 0 Å². The Morgan fingerprint density at radius 3 is 2.17 bits per heavy atom. The molecule has 10 nitrogen and oxygen atoms in total. The van der Waals surface area contributed by atoms with Crippen LogP contribution in [-0.4, -0.2) is 25.4 Å². The lowest BCUT2D eigenvalue weighted by Gasteiger charge is -2.10. The van der Waals surface area contributed by atoms with Crippen LogP contribution in [0.15, 0.2) is 47.4 Å². The second kappa shape index (κ2) is 6.50. The highest BCUT2D eigenvalue weighted by Gasteiger charge is 2.25. The number of nitrogens with zero attached hydrogens (tertiary/aromatic N) is 2. The number of nitro groups is 2. The Labute approximate surface area is 135 Å². The first kappa shape index (κ1) is 17.1. The van der Waals surface area contributed by atoms with E-state index in [0.29, 0.717) is 0 Å². The van der Waals surface area contributed by atoms with Crippen LogP contribution in [0.5, 0.6) is 11.5 Å². The molecule has 0 unspecified atom stereocenters. The van der Waals surface area contributed by atoms with Gasteiger partial charge in [0.1, 0.15) is 11.5 Å². The van der Waals surface area contributed by atoms with Crippen molar-refractivity contribution in [2.45, 2.75) is 4.90 Å². The van der Waals surface area contributed by atoms with Crippen LogP contribution >= 0.6 is 0 Å². The van der Waals surface area contributed by atoms with Gasteiger partial charge >= 0.3 is 10.1 Å². The predicted octanol–water partition coefficient (Wildman–Crippen LogP) is 2.28. The van der Waals surface area contributed by atoms with Gasteiger partial charge in [0.15, 0.2) is 4.90 Å². The molecule has 0 N–H and O–H groups in total. The highest BCUT2D eigenvalue weighted by molar-refractivity contribution is 7.87. The SMILES string of the molecule is COc1ccc([N+](=O)[O-])cc1S(=O)(=O)Oc1cccc([N+](=O)[O-])c1. The zero-order chi connectivity index (χ0) is 17.9. The van der Waals surface area contributed by atoms with Gasteiger partial charge < -0.3 is 8.92 Å². The fraction of sp³-hybridized carbons (Fsp3) is 0.0769. The fourth-order valence-electron chi connectivity index (χ4n) is 1.79. The molecule has 2 rings (SSSR count). The predicted molar refractivity (Wildman–Crippen MR) is 80.6 cm³/mol. The van der Waals surface area contributed by atoms with Crippen LogP contribution in [0, 0.1) is 20.2 Å². The van der Waals surface area contributed by atoms with Crippen LogP contribution in [0.1, 0.15) is 0 Å². The van der Waals surface area contributed by atoms with Crippen LogP contribution in [0.3, 0.4) is 0 Å². The zero-order valence-electron chi connectivity index (χ0n) is 12.1. The standard InChI is InChI=1S/C13H10N2O8S/c1-22-12-6-5-10(15(18)19)8-13(12)24(20,21)23-11-4-2-3-9(7-11)14(16)17/h2-8H,1H3. The monoisotopic (exact) mass is 354 g/mol. The Kier molecular flexibility index (Phi) is 4.64. The zero-order valence-corrected chi connectivity index (χ0v) is 12.9. The second-order valence-electron chi connectivity index (χ2n) is 4.38. The summed E-state index contributed by atoms with van der Waals surface area (Å²) >= 11 is 0. The van der Waals surface area contributed by atoms with Crippen molar-refractivity contribution in [3.63, 3.8) is 0 Å². The highest BCUT2D eigenvalue weighted by atomic mass is 32.2. The topological polar surface area (TPSA) is 139 Å². The Bertz CT molecular complexity index is 910. The number of benzene rings is 2. The lowest BCUT2D eigenvalue weighted by atomic mass is 10.3. The molecule has 0 atom stereocenters. The minimum absolute atomic E-state index is 0.161. The molecular weight excluding hydrogens is 344 g/mol. The molecule has 126 valence electrons. The van der Waals surface area contributed by atoms with Gasteiger partial charge in [0.2, 0.25) is 0 Å². The van der Waals surface area contributed by atoms with Gasteiger partial charge in [0.25, 0.3) is 11.4 Å². The van der Waals surface area contributed by atoms with Crippen molar-refractivity contribution < 1.29 is 27.2 Å². The first-order chi connectivity index (χ1) is 11.2. The summed E-state index contributed by atoms with van der Waals surface area (Å²) in [6.07, 6.45) is 0. The van der Waals surface area contributed by atoms with Gasteiger partial charge in [0, 0.05) is 18.2 Å². The normalized spacial score (nSPS) is 10.9. The molecule has 0 bridgehead atoms. The first-order valence-corrected chi connectivity index (χ1v) is 7.67. The molecule has 24 heavy (non-hydrogen) atoms. The van der Waals surface area contributed by atoms with E-state index in [-0.39, 0.29) is 17.2 Å². The van der Waals surface area contributed by atoms with Gasteiger partial charge in [-0.3, -0.25) is 20.2 Å². The van der Waals surface area contributed by atoms with Crippen LogP contribution in [0.25, 0.3) is 0 Å². The maximum atomic E-state index is 12.3. The fourth-order valence-corrected chi connectivity index (χ4v) is 2.90. The molecule has 0 radical (unpaired) electrons. The van der Waals surface area contributed by atoms with Gasteiger partial charge in [-0.25, -0.2) is 0 Å². The summed E-state index contributed by atoms with van der Waals surface area (Å²) < 4.78 is 34.4. The van der Waals surface area contributed by atoms with E-state index in [1.54, 1.807) is 0 Å². The van der Waals surface area contributed by atoms with Crippen molar-refractivity contribution in [1.82, 2.24) is 0 Å². The van der Waals surface area contributed by atoms with E-state index in [1.807, 2.05) is 0 Å². The molecule has 0 saturated carbocycles. The van der Waals surface area contributed by atoms with Crippen molar-refractivity contribution in [3.8, 4) is 11.5 Å². The third-order valence-corrected chi connectivity index (χ3v) is 4.13. The lowest BCUT2D eigenvalue weighted by molar-refractivity contribution is -0.385. The van der Waals surface area contributed by atoms with E-state index in [9.17, 15) is 28.6 Å². The van der Waals surface area contributed by atoms with E-state index in [2.05, 4.69) is 0 Å². The summed E-state index contributed by atoms with van der Waals surface area (Å²) in [7, 11) is -3.32. The molecule has 0 spiro atoms. The lowest BCUT2D eigenvalue weighted by Crippen LogP contribution is -2.11. The van der Waals surface area contributed by atoms with Gasteiger partial charge in [-0.1, -0.05) is 6.07 Å². The first-order valence-electron chi connectivity index (χ1n) is 6.26. The molecule has 0 saturated heterocycles. The Morgan fingerprint density at radius 1 is 0.958 bits per heavy atom. The van der Waals surface area contributed by atoms with Crippen LogP contribution in [-0.2, 0) is 10.1 Å². The quantitative estimate of drug-likeness (QED) is 0.437. The molecule has 0 amide bonds. The average molecular weight is 354 g/mol. The molecule has 0 aliphatic heterocycles. The molecule has 0 heterocycles. The van der Waals surface area contributed by atoms with E-state index in [1.165, 1.54) is 19.2 Å². The molecule has 0 aliphatic rings. The van der Waals surface area contributed by atoms with E-state index < -0.39 is 30.5 Å². The third kappa shape index (κ3) is 3.57. The Balaban J connectivity index is 2.47. The summed E-state index contributed by atoms with van der Waals surface area (Å²) in [6, 6.07) is 7.50. The average Bonchev–Trinajstić information content (AvgIpc) is 2.53. The van der Waals surface area contributed by atoms with Crippen molar-refractivity contribution in [3.05, 3.63) is 62.7 Å². The molecule has 11 heteroatoms. The largest absolute Gasteiger partial charge is 0.495 e. The van der Waals surface area contributed by atoms with E-state index in [0.717, 1.165) is 30.3 Å². The molecule has 0 fully saturated rings. The van der Waals surface area contributed by atoms with Crippen molar-refractivity contribution in [2.75, 3.05) is 7.11 Å². The summed E-state index contributed by atoms with van der Waals surface area (Å²) in [5, 5.41) is 21.5. The highest BCUT2D eigenvalue weighted by Crippen LogP contribution is 2.31. The van der Waals surface area contributed by atoms with Crippen molar-refractivity contribution in [1.29, 1.82) is 0 Å². The minimum atomic E-state index is -4.51. The molecule has 2 aromatic rings. The summed E-state index contributed by atoms with van der Waals surface area (Å²) in [5.74, 6) is -0.469.